The van der Waals surface area contributed by atoms with Crippen molar-refractivity contribution in [3.63, 3.8) is 0 Å². The van der Waals surface area contributed by atoms with Gasteiger partial charge in [0.15, 0.2) is 0 Å². The molecule has 1 atom stereocenters. The van der Waals surface area contributed by atoms with E-state index in [1.54, 1.807) is 0 Å². The molecule has 3 N–H and O–H groups in total. The molecule has 0 aliphatic carbocycles. The van der Waals surface area contributed by atoms with E-state index in [1.165, 1.54) is 17.8 Å². The molecule has 0 saturated carbocycles. The number of anilines is 1. The normalized spacial score (nSPS) is 12.5. The molecule has 0 bridgehead atoms. The highest BCUT2D eigenvalue weighted by molar-refractivity contribution is 7.98. The molecule has 120 valence electrons. The smallest absolute Gasteiger partial charge is 0.325 e. The summed E-state index contributed by atoms with van der Waals surface area (Å²) in [4.78, 5) is 11.7. The Morgan fingerprint density at radius 3 is 2.62 bits per heavy atom. The Labute approximate surface area is 136 Å². The molecule has 1 aromatic carbocycles. The summed E-state index contributed by atoms with van der Waals surface area (Å²) in [6, 6.07) is 2.43. The van der Waals surface area contributed by atoms with E-state index >= 15 is 0 Å². The number of hydrogen-bond acceptors (Lipinski definition) is 3. The summed E-state index contributed by atoms with van der Waals surface area (Å²) >= 11 is 7.02. The lowest BCUT2D eigenvalue weighted by Gasteiger charge is -2.14. The van der Waals surface area contributed by atoms with Gasteiger partial charge in [-0.15, -0.1) is 12.4 Å². The molecule has 0 unspecified atom stereocenters. The van der Waals surface area contributed by atoms with Crippen LogP contribution in [0.4, 0.5) is 18.9 Å². The van der Waals surface area contributed by atoms with Gasteiger partial charge in [0.2, 0.25) is 5.91 Å². The van der Waals surface area contributed by atoms with Crippen molar-refractivity contribution in [3.8, 4) is 0 Å². The van der Waals surface area contributed by atoms with Gasteiger partial charge in [0, 0.05) is 5.69 Å². The summed E-state index contributed by atoms with van der Waals surface area (Å²) in [5, 5.41) is 1.94. The zero-order valence-corrected chi connectivity index (χ0v) is 13.4. The molecule has 1 aromatic rings. The van der Waals surface area contributed by atoms with Crippen molar-refractivity contribution in [1.29, 1.82) is 0 Å². The lowest BCUT2D eigenvalue weighted by molar-refractivity contribution is -0.137. The number of benzene rings is 1. The Hall–Kier alpha value is -0.630. The minimum atomic E-state index is -4.57. The maximum atomic E-state index is 12.7. The van der Waals surface area contributed by atoms with E-state index in [0.717, 1.165) is 12.1 Å². The van der Waals surface area contributed by atoms with E-state index in [1.807, 2.05) is 6.26 Å². The van der Waals surface area contributed by atoms with Crippen LogP contribution in [0.3, 0.4) is 0 Å². The van der Waals surface area contributed by atoms with Gasteiger partial charge in [0.05, 0.1) is 16.6 Å². The number of alkyl halides is 3. The highest BCUT2D eigenvalue weighted by Gasteiger charge is 2.33. The van der Waals surface area contributed by atoms with Crippen LogP contribution in [0.25, 0.3) is 0 Å². The first-order chi connectivity index (χ1) is 9.25. The number of halogens is 5. The summed E-state index contributed by atoms with van der Waals surface area (Å²) in [7, 11) is 0. The van der Waals surface area contributed by atoms with Gasteiger partial charge in [-0.05, 0) is 36.6 Å². The molecule has 0 aliphatic heterocycles. The molecule has 9 heteroatoms. The molecule has 0 aliphatic rings. The van der Waals surface area contributed by atoms with Crippen molar-refractivity contribution in [2.75, 3.05) is 17.3 Å². The van der Waals surface area contributed by atoms with Crippen molar-refractivity contribution >= 4 is 47.4 Å². The summed E-state index contributed by atoms with van der Waals surface area (Å²) in [5.41, 5.74) is 4.66. The topological polar surface area (TPSA) is 55.1 Å². The fraction of sp³-hybridized carbons (Fsp3) is 0.417. The van der Waals surface area contributed by atoms with E-state index in [4.69, 9.17) is 17.3 Å². The third kappa shape index (κ3) is 6.34. The van der Waals surface area contributed by atoms with Gasteiger partial charge >= 0.3 is 6.18 Å². The van der Waals surface area contributed by atoms with Crippen LogP contribution in [-0.2, 0) is 11.0 Å². The van der Waals surface area contributed by atoms with Crippen LogP contribution in [0.15, 0.2) is 18.2 Å². The van der Waals surface area contributed by atoms with Crippen molar-refractivity contribution in [1.82, 2.24) is 0 Å². The van der Waals surface area contributed by atoms with Crippen LogP contribution >= 0.6 is 35.8 Å². The van der Waals surface area contributed by atoms with Gasteiger partial charge in [-0.2, -0.15) is 24.9 Å². The third-order valence-electron chi connectivity index (χ3n) is 2.51. The molecule has 0 heterocycles. The number of amides is 1. The zero-order chi connectivity index (χ0) is 15.3. The standard InChI is InChI=1S/C12H14ClF3N2OS.ClH/c1-20-5-4-10(17)11(19)18-7-2-3-9(13)8(6-7)12(14,15)16;/h2-3,6,10H,4-5,17H2,1H3,(H,18,19);1H/t10-;/m0./s1. The maximum Gasteiger partial charge on any atom is 0.417 e. The monoisotopic (exact) mass is 362 g/mol. The molecule has 21 heavy (non-hydrogen) atoms. The Kier molecular flexibility index (Phi) is 8.46. The number of rotatable bonds is 5. The van der Waals surface area contributed by atoms with Crippen molar-refractivity contribution < 1.29 is 18.0 Å². The minimum Gasteiger partial charge on any atom is -0.325 e. The quantitative estimate of drug-likeness (QED) is 0.837. The highest BCUT2D eigenvalue weighted by atomic mass is 35.5. The SMILES string of the molecule is CSCC[C@H](N)C(=O)Nc1ccc(Cl)c(C(F)(F)F)c1.Cl. The Balaban J connectivity index is 0.00000400. The second kappa shape index (κ2) is 8.73. The van der Waals surface area contributed by atoms with Crippen LogP contribution in [0.5, 0.6) is 0 Å². The molecule has 0 fully saturated rings. The Bertz CT molecular complexity index is 486. The first-order valence-electron chi connectivity index (χ1n) is 5.68. The van der Waals surface area contributed by atoms with Crippen LogP contribution < -0.4 is 11.1 Å². The molecule has 1 amide bonds. The molecular weight excluding hydrogens is 348 g/mol. The predicted octanol–water partition coefficient (Wildman–Crippen LogP) is 3.80. The van der Waals surface area contributed by atoms with Gasteiger partial charge in [-0.25, -0.2) is 0 Å². The number of carbonyl (C=O) groups is 1. The van der Waals surface area contributed by atoms with E-state index < -0.39 is 28.7 Å². The second-order valence-electron chi connectivity index (χ2n) is 4.07. The van der Waals surface area contributed by atoms with Crippen LogP contribution in [0.2, 0.25) is 5.02 Å². The van der Waals surface area contributed by atoms with E-state index in [0.29, 0.717) is 12.2 Å². The highest BCUT2D eigenvalue weighted by Crippen LogP contribution is 2.36. The number of carbonyl (C=O) groups excluding carboxylic acids is 1. The van der Waals surface area contributed by atoms with Gasteiger partial charge in [0.25, 0.3) is 0 Å². The Morgan fingerprint density at radius 1 is 1.48 bits per heavy atom. The fourth-order valence-electron chi connectivity index (χ4n) is 1.43. The van der Waals surface area contributed by atoms with Gasteiger partial charge < -0.3 is 11.1 Å². The van der Waals surface area contributed by atoms with Gasteiger partial charge in [0.1, 0.15) is 0 Å². The number of thioether (sulfide) groups is 1. The van der Waals surface area contributed by atoms with Gasteiger partial charge in [-0.1, -0.05) is 11.6 Å². The van der Waals surface area contributed by atoms with Crippen LogP contribution in [-0.4, -0.2) is 24.0 Å². The van der Waals surface area contributed by atoms with Gasteiger partial charge in [-0.3, -0.25) is 4.79 Å². The molecular formula is C12H15Cl2F3N2OS. The molecule has 1 rings (SSSR count). The summed E-state index contributed by atoms with van der Waals surface area (Å²) in [6.07, 6.45) is -2.25. The Morgan fingerprint density at radius 2 is 2.10 bits per heavy atom. The van der Waals surface area contributed by atoms with Crippen LogP contribution in [0, 0.1) is 0 Å². The van der Waals surface area contributed by atoms with Crippen LogP contribution in [0.1, 0.15) is 12.0 Å². The molecule has 0 spiro atoms. The maximum absolute atomic E-state index is 12.7. The predicted molar refractivity (Wildman–Crippen MR) is 83.3 cm³/mol. The third-order valence-corrected chi connectivity index (χ3v) is 3.48. The first kappa shape index (κ1) is 20.4. The first-order valence-corrected chi connectivity index (χ1v) is 7.45. The lowest BCUT2D eigenvalue weighted by atomic mass is 10.1. The largest absolute Gasteiger partial charge is 0.417 e. The van der Waals surface area contributed by atoms with Crippen molar-refractivity contribution in [2.45, 2.75) is 18.6 Å². The van der Waals surface area contributed by atoms with E-state index in [9.17, 15) is 18.0 Å². The molecule has 0 aromatic heterocycles. The molecule has 0 saturated heterocycles. The van der Waals surface area contributed by atoms with E-state index in [2.05, 4.69) is 5.32 Å². The second-order valence-corrected chi connectivity index (χ2v) is 5.46. The summed E-state index contributed by atoms with van der Waals surface area (Å²) in [6.45, 7) is 0. The van der Waals surface area contributed by atoms with Crippen molar-refractivity contribution in [2.24, 2.45) is 5.73 Å². The average Bonchev–Trinajstić information content (AvgIpc) is 2.36. The number of hydrogen-bond donors (Lipinski definition) is 2. The zero-order valence-electron chi connectivity index (χ0n) is 11.0. The van der Waals surface area contributed by atoms with E-state index in [-0.39, 0.29) is 18.1 Å². The lowest BCUT2D eigenvalue weighted by Crippen LogP contribution is -2.36. The average molecular weight is 363 g/mol. The van der Waals surface area contributed by atoms with Crippen molar-refractivity contribution in [3.05, 3.63) is 28.8 Å². The minimum absolute atomic E-state index is 0. The number of nitrogens with one attached hydrogen (secondary N) is 1. The summed E-state index contributed by atoms with van der Waals surface area (Å²) in [5.74, 6) is 0.178. The fourth-order valence-corrected chi connectivity index (χ4v) is 2.15. The molecule has 0 radical (unpaired) electrons. The number of nitrogens with two attached hydrogens (primary N) is 1. The molecule has 3 nitrogen and oxygen atoms in total. The summed E-state index contributed by atoms with van der Waals surface area (Å²) < 4.78 is 38.0.